The minimum Gasteiger partial charge on any atom is -0.350 e. The van der Waals surface area contributed by atoms with E-state index in [4.69, 9.17) is 0 Å². The van der Waals surface area contributed by atoms with Crippen LogP contribution in [-0.4, -0.2) is 41.7 Å². The molecule has 0 saturated carbocycles. The Bertz CT molecular complexity index is 798. The van der Waals surface area contributed by atoms with Crippen molar-refractivity contribution in [2.45, 2.75) is 38.9 Å². The van der Waals surface area contributed by atoms with Gasteiger partial charge in [0.1, 0.15) is 11.9 Å². The van der Waals surface area contributed by atoms with Gasteiger partial charge in [0, 0.05) is 31.4 Å². The van der Waals surface area contributed by atoms with Gasteiger partial charge in [-0.15, -0.1) is 5.10 Å². The third-order valence-electron chi connectivity index (χ3n) is 3.96. The van der Waals surface area contributed by atoms with E-state index in [0.29, 0.717) is 18.8 Å². The second-order valence-electron chi connectivity index (χ2n) is 6.05. The molecule has 8 nitrogen and oxygen atoms in total. The second-order valence-corrected chi connectivity index (χ2v) is 6.05. The topological polar surface area (TPSA) is 90.5 Å². The first-order valence-corrected chi connectivity index (χ1v) is 8.18. The lowest BCUT2D eigenvalue weighted by Gasteiger charge is -2.21. The van der Waals surface area contributed by atoms with Crippen molar-refractivity contribution in [1.29, 1.82) is 0 Å². The lowest BCUT2D eigenvalue weighted by molar-refractivity contribution is -0.125. The Morgan fingerprint density at radius 3 is 2.72 bits per heavy atom. The van der Waals surface area contributed by atoms with Crippen molar-refractivity contribution in [2.24, 2.45) is 0 Å². The van der Waals surface area contributed by atoms with E-state index in [9.17, 15) is 4.79 Å². The maximum absolute atomic E-state index is 12.9. The Labute approximate surface area is 145 Å². The van der Waals surface area contributed by atoms with Crippen LogP contribution >= 0.6 is 0 Å². The van der Waals surface area contributed by atoms with Crippen molar-refractivity contribution in [2.75, 3.05) is 0 Å². The molecule has 1 amide bonds. The Morgan fingerprint density at radius 2 is 2.08 bits per heavy atom. The quantitative estimate of drug-likeness (QED) is 0.698. The molecule has 2 aromatic heterocycles. The number of aryl methyl sites for hydroxylation is 1. The third kappa shape index (κ3) is 4.28. The van der Waals surface area contributed by atoms with Gasteiger partial charge >= 0.3 is 0 Å². The molecule has 0 aliphatic carbocycles. The van der Waals surface area contributed by atoms with Gasteiger partial charge in [0.15, 0.2) is 0 Å². The molecule has 2 atom stereocenters. The largest absolute Gasteiger partial charge is 0.350 e. The fraction of sp³-hybridized carbons (Fsp3) is 0.353. The predicted molar refractivity (Wildman–Crippen MR) is 91.6 cm³/mol. The minimum absolute atomic E-state index is 0.0447. The molecule has 2 unspecified atom stereocenters. The van der Waals surface area contributed by atoms with Crippen molar-refractivity contribution >= 4 is 5.91 Å². The first kappa shape index (κ1) is 16.8. The number of hydrogen-bond donors (Lipinski definition) is 1. The molecule has 0 bridgehead atoms. The predicted octanol–water partition coefficient (Wildman–Crippen LogP) is 1.17. The van der Waals surface area contributed by atoms with Gasteiger partial charge in [-0.3, -0.25) is 4.79 Å². The van der Waals surface area contributed by atoms with Crippen LogP contribution in [0.3, 0.4) is 0 Å². The monoisotopic (exact) mass is 339 g/mol. The third-order valence-corrected chi connectivity index (χ3v) is 3.96. The average Bonchev–Trinajstić information content (AvgIpc) is 3.25. The van der Waals surface area contributed by atoms with Gasteiger partial charge in [0.2, 0.25) is 5.91 Å². The number of amides is 1. The summed E-state index contributed by atoms with van der Waals surface area (Å²) in [5.41, 5.74) is 1.06. The van der Waals surface area contributed by atoms with Crippen LogP contribution in [0.5, 0.6) is 0 Å². The van der Waals surface area contributed by atoms with Crippen molar-refractivity contribution in [3.05, 3.63) is 60.4 Å². The molecular weight excluding hydrogens is 318 g/mol. The molecule has 1 aromatic carbocycles. The van der Waals surface area contributed by atoms with Gasteiger partial charge in [-0.1, -0.05) is 30.3 Å². The highest BCUT2D eigenvalue weighted by atomic mass is 16.2. The number of imidazole rings is 1. The van der Waals surface area contributed by atoms with Gasteiger partial charge in [-0.25, -0.2) is 9.67 Å². The smallest absolute Gasteiger partial charge is 0.245 e. The molecule has 130 valence electrons. The fourth-order valence-corrected chi connectivity index (χ4v) is 2.75. The molecular formula is C17H21N7O. The summed E-state index contributed by atoms with van der Waals surface area (Å²) in [5, 5.41) is 14.6. The van der Waals surface area contributed by atoms with Gasteiger partial charge in [0.25, 0.3) is 0 Å². The zero-order valence-corrected chi connectivity index (χ0v) is 14.3. The Kier molecular flexibility index (Phi) is 5.17. The number of carbonyl (C=O) groups is 1. The van der Waals surface area contributed by atoms with E-state index in [-0.39, 0.29) is 11.9 Å². The van der Waals surface area contributed by atoms with Crippen LogP contribution in [-0.2, 0) is 17.8 Å². The van der Waals surface area contributed by atoms with Crippen molar-refractivity contribution < 1.29 is 4.79 Å². The normalized spacial score (nSPS) is 13.4. The van der Waals surface area contributed by atoms with Crippen LogP contribution in [0.2, 0.25) is 0 Å². The minimum atomic E-state index is -0.498. The van der Waals surface area contributed by atoms with Gasteiger partial charge in [0.05, 0.1) is 6.33 Å². The summed E-state index contributed by atoms with van der Waals surface area (Å²) in [6.07, 6.45) is 5.85. The molecule has 1 N–H and O–H groups in total. The molecule has 0 aliphatic rings. The molecule has 0 spiro atoms. The number of nitrogens with one attached hydrogen (secondary N) is 1. The van der Waals surface area contributed by atoms with Gasteiger partial charge in [-0.2, -0.15) is 0 Å². The van der Waals surface area contributed by atoms with Crippen molar-refractivity contribution in [3.63, 3.8) is 0 Å². The SMILES string of the molecule is Cc1nnnn1C(Cc1ccccc1)C(=O)NC(C)Cn1ccnc1. The molecule has 2 heterocycles. The van der Waals surface area contributed by atoms with E-state index >= 15 is 0 Å². The molecule has 0 saturated heterocycles. The number of aromatic nitrogens is 6. The number of hydrogen-bond acceptors (Lipinski definition) is 5. The number of rotatable bonds is 7. The number of carbonyl (C=O) groups excluding carboxylic acids is 1. The molecule has 8 heteroatoms. The molecule has 25 heavy (non-hydrogen) atoms. The first-order valence-electron chi connectivity index (χ1n) is 8.18. The lowest BCUT2D eigenvalue weighted by atomic mass is 10.0. The van der Waals surface area contributed by atoms with E-state index in [2.05, 4.69) is 25.8 Å². The van der Waals surface area contributed by atoms with Gasteiger partial charge in [-0.05, 0) is 29.8 Å². The summed E-state index contributed by atoms with van der Waals surface area (Å²) in [6, 6.07) is 9.31. The zero-order chi connectivity index (χ0) is 17.6. The van der Waals surface area contributed by atoms with Crippen LogP contribution in [0.4, 0.5) is 0 Å². The van der Waals surface area contributed by atoms with Crippen LogP contribution in [0.25, 0.3) is 0 Å². The maximum atomic E-state index is 12.9. The summed E-state index contributed by atoms with van der Waals surface area (Å²) in [7, 11) is 0. The summed E-state index contributed by atoms with van der Waals surface area (Å²) < 4.78 is 3.51. The van der Waals surface area contributed by atoms with E-state index in [1.807, 2.05) is 48.0 Å². The van der Waals surface area contributed by atoms with Crippen LogP contribution in [0.15, 0.2) is 49.1 Å². The number of nitrogens with zero attached hydrogens (tertiary/aromatic N) is 6. The van der Waals surface area contributed by atoms with Crippen LogP contribution in [0.1, 0.15) is 24.4 Å². The summed E-state index contributed by atoms with van der Waals surface area (Å²) in [4.78, 5) is 16.9. The standard InChI is InChI=1S/C17H21N7O/c1-13(11-23-9-8-18-12-23)19-17(25)16(24-14(2)20-21-22-24)10-15-6-4-3-5-7-15/h3-9,12-13,16H,10-11H2,1-2H3,(H,19,25). The Balaban J connectivity index is 1.74. The van der Waals surface area contributed by atoms with Crippen LogP contribution < -0.4 is 5.32 Å². The molecule has 0 aliphatic heterocycles. The van der Waals surface area contributed by atoms with Crippen molar-refractivity contribution in [3.8, 4) is 0 Å². The van der Waals surface area contributed by atoms with Gasteiger partial charge < -0.3 is 9.88 Å². The summed E-state index contributed by atoms with van der Waals surface area (Å²) >= 11 is 0. The molecule has 3 rings (SSSR count). The van der Waals surface area contributed by atoms with E-state index in [1.54, 1.807) is 24.1 Å². The highest BCUT2D eigenvalue weighted by molar-refractivity contribution is 5.80. The van der Waals surface area contributed by atoms with Crippen molar-refractivity contribution in [1.82, 2.24) is 35.1 Å². The second kappa shape index (κ2) is 7.69. The van der Waals surface area contributed by atoms with E-state index < -0.39 is 6.04 Å². The van der Waals surface area contributed by atoms with E-state index in [1.165, 1.54) is 0 Å². The fourth-order valence-electron chi connectivity index (χ4n) is 2.75. The van der Waals surface area contributed by atoms with Crippen LogP contribution in [0, 0.1) is 6.92 Å². The first-order chi connectivity index (χ1) is 12.1. The average molecular weight is 339 g/mol. The zero-order valence-electron chi connectivity index (χ0n) is 14.3. The number of benzene rings is 1. The summed E-state index contributed by atoms with van der Waals surface area (Å²) in [5.74, 6) is 0.505. The highest BCUT2D eigenvalue weighted by Crippen LogP contribution is 2.15. The number of tetrazole rings is 1. The highest BCUT2D eigenvalue weighted by Gasteiger charge is 2.25. The Morgan fingerprint density at radius 1 is 1.28 bits per heavy atom. The molecule has 3 aromatic rings. The summed E-state index contributed by atoms with van der Waals surface area (Å²) in [6.45, 7) is 4.41. The Hall–Kier alpha value is -3.03. The maximum Gasteiger partial charge on any atom is 0.245 e. The molecule has 0 fully saturated rings. The van der Waals surface area contributed by atoms with E-state index in [0.717, 1.165) is 5.56 Å². The lowest BCUT2D eigenvalue weighted by Crippen LogP contribution is -2.41. The molecule has 0 radical (unpaired) electrons.